The number of hydrogen-bond acceptors (Lipinski definition) is 3. The number of urea groups is 1. The fourth-order valence-electron chi connectivity index (χ4n) is 2.84. The van der Waals surface area contributed by atoms with E-state index in [9.17, 15) is 22.8 Å². The lowest BCUT2D eigenvalue weighted by Gasteiger charge is -2.33. The van der Waals surface area contributed by atoms with E-state index in [2.05, 4.69) is 5.32 Å². The van der Waals surface area contributed by atoms with E-state index in [1.807, 2.05) is 6.92 Å². The highest BCUT2D eigenvalue weighted by Crippen LogP contribution is 2.37. The zero-order chi connectivity index (χ0) is 15.8. The molecule has 0 aromatic carbocycles. The molecular formula is C13H16F3N3O2. The molecule has 2 rings (SSSR count). The quantitative estimate of drug-likeness (QED) is 0.795. The first kappa shape index (κ1) is 15.6. The Bertz CT molecular complexity index is 490. The van der Waals surface area contributed by atoms with Crippen molar-refractivity contribution in [3.8, 4) is 6.07 Å². The number of imide groups is 1. The fraction of sp³-hybridized carbons (Fsp3) is 0.769. The summed E-state index contributed by atoms with van der Waals surface area (Å²) in [4.78, 5) is 24.7. The molecule has 0 bridgehead atoms. The molecule has 8 heteroatoms. The monoisotopic (exact) mass is 303 g/mol. The molecule has 1 spiro atoms. The molecule has 1 N–H and O–H groups in total. The standard InChI is InChI=1S/C13H16F3N3O2/c1-8-2-4-12(5-3-8)10(20)19(11(21)18-12)7-9(6-17)13(14,15)16/h8-9H,2-5,7H2,1H3,(H,18,21). The van der Waals surface area contributed by atoms with Crippen molar-refractivity contribution in [1.82, 2.24) is 10.2 Å². The summed E-state index contributed by atoms with van der Waals surface area (Å²) in [6.45, 7) is 1.09. The van der Waals surface area contributed by atoms with Crippen LogP contribution in [-0.2, 0) is 4.79 Å². The summed E-state index contributed by atoms with van der Waals surface area (Å²) in [7, 11) is 0. The largest absolute Gasteiger partial charge is 0.406 e. The van der Waals surface area contributed by atoms with Gasteiger partial charge in [0.05, 0.1) is 12.6 Å². The fourth-order valence-corrected chi connectivity index (χ4v) is 2.84. The van der Waals surface area contributed by atoms with E-state index in [1.54, 1.807) is 0 Å². The first-order valence-electron chi connectivity index (χ1n) is 6.80. The van der Waals surface area contributed by atoms with Gasteiger partial charge in [-0.3, -0.25) is 9.69 Å². The third-order valence-corrected chi connectivity index (χ3v) is 4.29. The van der Waals surface area contributed by atoms with Crippen LogP contribution in [0.2, 0.25) is 0 Å². The maximum absolute atomic E-state index is 12.6. The van der Waals surface area contributed by atoms with Crippen molar-refractivity contribution >= 4 is 11.9 Å². The zero-order valence-corrected chi connectivity index (χ0v) is 11.5. The molecule has 2 aliphatic rings. The second-order valence-electron chi connectivity index (χ2n) is 5.83. The van der Waals surface area contributed by atoms with Gasteiger partial charge in [-0.1, -0.05) is 6.92 Å². The van der Waals surface area contributed by atoms with E-state index in [-0.39, 0.29) is 0 Å². The summed E-state index contributed by atoms with van der Waals surface area (Å²) in [5, 5.41) is 11.1. The van der Waals surface area contributed by atoms with Crippen LogP contribution in [0.15, 0.2) is 0 Å². The Morgan fingerprint density at radius 3 is 2.48 bits per heavy atom. The first-order chi connectivity index (χ1) is 9.69. The molecule has 1 heterocycles. The van der Waals surface area contributed by atoms with Crippen molar-refractivity contribution in [2.24, 2.45) is 11.8 Å². The van der Waals surface area contributed by atoms with Crippen molar-refractivity contribution in [3.63, 3.8) is 0 Å². The van der Waals surface area contributed by atoms with Gasteiger partial charge in [-0.15, -0.1) is 0 Å². The number of amides is 3. The number of carbonyl (C=O) groups is 2. The van der Waals surface area contributed by atoms with E-state index < -0.39 is 36.1 Å². The summed E-state index contributed by atoms with van der Waals surface area (Å²) < 4.78 is 37.9. The van der Waals surface area contributed by atoms with Gasteiger partial charge in [0, 0.05) is 0 Å². The summed E-state index contributed by atoms with van der Waals surface area (Å²) >= 11 is 0. The average Bonchev–Trinajstić information content (AvgIpc) is 2.62. The number of halogens is 3. The van der Waals surface area contributed by atoms with Gasteiger partial charge in [0.25, 0.3) is 5.91 Å². The summed E-state index contributed by atoms with van der Waals surface area (Å²) in [6, 6.07) is 0.275. The third-order valence-electron chi connectivity index (χ3n) is 4.29. The van der Waals surface area contributed by atoms with Crippen LogP contribution in [0.5, 0.6) is 0 Å². The van der Waals surface area contributed by atoms with Crippen LogP contribution >= 0.6 is 0 Å². The minimum atomic E-state index is -4.76. The van der Waals surface area contributed by atoms with Gasteiger partial charge in [0.15, 0.2) is 5.92 Å². The van der Waals surface area contributed by atoms with E-state index in [4.69, 9.17) is 5.26 Å². The van der Waals surface area contributed by atoms with E-state index in [1.165, 1.54) is 0 Å². The second-order valence-corrected chi connectivity index (χ2v) is 5.83. The van der Waals surface area contributed by atoms with Crippen LogP contribution < -0.4 is 5.32 Å². The molecule has 1 unspecified atom stereocenters. The first-order valence-corrected chi connectivity index (χ1v) is 6.80. The van der Waals surface area contributed by atoms with Gasteiger partial charge in [-0.2, -0.15) is 18.4 Å². The minimum Gasteiger partial charge on any atom is -0.323 e. The Hall–Kier alpha value is -1.78. The van der Waals surface area contributed by atoms with Crippen LogP contribution in [0.1, 0.15) is 32.6 Å². The van der Waals surface area contributed by atoms with Crippen LogP contribution in [0, 0.1) is 23.2 Å². The molecule has 1 saturated heterocycles. The number of nitrogens with zero attached hydrogens (tertiary/aromatic N) is 2. The molecule has 21 heavy (non-hydrogen) atoms. The lowest BCUT2D eigenvalue weighted by atomic mass is 9.77. The predicted octanol–water partition coefficient (Wildman–Crippen LogP) is 2.19. The summed E-state index contributed by atoms with van der Waals surface area (Å²) in [6.07, 6.45) is -2.43. The lowest BCUT2D eigenvalue weighted by Crippen LogP contribution is -2.49. The van der Waals surface area contributed by atoms with Gasteiger partial charge < -0.3 is 5.32 Å². The van der Waals surface area contributed by atoms with E-state index in [0.717, 1.165) is 18.9 Å². The number of rotatable bonds is 2. The molecule has 0 aromatic rings. The average molecular weight is 303 g/mol. The molecule has 1 aliphatic heterocycles. The molecule has 1 atom stereocenters. The molecular weight excluding hydrogens is 287 g/mol. The van der Waals surface area contributed by atoms with Crippen molar-refractivity contribution in [2.75, 3.05) is 6.54 Å². The van der Waals surface area contributed by atoms with Gasteiger partial charge >= 0.3 is 12.2 Å². The molecule has 5 nitrogen and oxygen atoms in total. The topological polar surface area (TPSA) is 73.2 Å². The molecule has 2 fully saturated rings. The lowest BCUT2D eigenvalue weighted by molar-refractivity contribution is -0.163. The minimum absolute atomic E-state index is 0.427. The van der Waals surface area contributed by atoms with Gasteiger partial charge in [-0.05, 0) is 31.6 Å². The summed E-state index contributed by atoms with van der Waals surface area (Å²) in [5.41, 5.74) is -1.07. The van der Waals surface area contributed by atoms with Crippen molar-refractivity contribution < 1.29 is 22.8 Å². The molecule has 3 amide bonds. The second kappa shape index (κ2) is 5.20. The maximum atomic E-state index is 12.6. The predicted molar refractivity (Wildman–Crippen MR) is 65.8 cm³/mol. The highest BCUT2D eigenvalue weighted by atomic mass is 19.4. The van der Waals surface area contributed by atoms with E-state index >= 15 is 0 Å². The van der Waals surface area contributed by atoms with Crippen LogP contribution in [-0.4, -0.2) is 35.1 Å². The van der Waals surface area contributed by atoms with Crippen LogP contribution in [0.4, 0.5) is 18.0 Å². The zero-order valence-electron chi connectivity index (χ0n) is 11.5. The smallest absolute Gasteiger partial charge is 0.323 e. The molecule has 116 valence electrons. The summed E-state index contributed by atoms with van der Waals surface area (Å²) in [5.74, 6) is -2.56. The Labute approximate surface area is 120 Å². The molecule has 1 saturated carbocycles. The Balaban J connectivity index is 2.14. The van der Waals surface area contributed by atoms with E-state index in [0.29, 0.717) is 23.7 Å². The number of alkyl halides is 3. The number of hydrogen-bond donors (Lipinski definition) is 1. The van der Waals surface area contributed by atoms with Crippen LogP contribution in [0.3, 0.4) is 0 Å². The number of nitriles is 1. The molecule has 1 aliphatic carbocycles. The number of nitrogens with one attached hydrogen (secondary N) is 1. The highest BCUT2D eigenvalue weighted by molar-refractivity contribution is 6.07. The number of carbonyl (C=O) groups excluding carboxylic acids is 2. The van der Waals surface area contributed by atoms with Gasteiger partial charge in [-0.25, -0.2) is 4.79 Å². The molecule has 0 aromatic heterocycles. The highest BCUT2D eigenvalue weighted by Gasteiger charge is 2.54. The van der Waals surface area contributed by atoms with Gasteiger partial charge in [0.1, 0.15) is 5.54 Å². The van der Waals surface area contributed by atoms with Crippen molar-refractivity contribution in [3.05, 3.63) is 0 Å². The van der Waals surface area contributed by atoms with Crippen LogP contribution in [0.25, 0.3) is 0 Å². The third kappa shape index (κ3) is 2.82. The SMILES string of the molecule is CC1CCC2(CC1)NC(=O)N(CC(C#N)C(F)(F)F)C2=O. The Morgan fingerprint density at radius 1 is 1.43 bits per heavy atom. The normalized spacial score (nSPS) is 31.2. The van der Waals surface area contributed by atoms with Gasteiger partial charge in [0.2, 0.25) is 0 Å². The van der Waals surface area contributed by atoms with Crippen molar-refractivity contribution in [1.29, 1.82) is 5.26 Å². The Kier molecular flexibility index (Phi) is 3.87. The maximum Gasteiger partial charge on any atom is 0.406 e. The molecule has 0 radical (unpaired) electrons. The Morgan fingerprint density at radius 2 is 2.00 bits per heavy atom. The van der Waals surface area contributed by atoms with Crippen molar-refractivity contribution in [2.45, 2.75) is 44.3 Å².